The summed E-state index contributed by atoms with van der Waals surface area (Å²) in [6, 6.07) is 7.63. The molecule has 3 rings (SSSR count). The lowest BCUT2D eigenvalue weighted by Crippen LogP contribution is -2.48. The van der Waals surface area contributed by atoms with Gasteiger partial charge in [0.1, 0.15) is 11.1 Å². The number of fused-ring (bicyclic) bond motifs is 1. The Labute approximate surface area is 141 Å². The molecule has 0 spiro atoms. The Morgan fingerprint density at radius 3 is 2.71 bits per heavy atom. The van der Waals surface area contributed by atoms with E-state index in [9.17, 15) is 9.59 Å². The number of carbonyl (C=O) groups excluding carboxylic acids is 1. The van der Waals surface area contributed by atoms with Crippen LogP contribution in [0.15, 0.2) is 46.1 Å². The number of allylic oxidation sites excluding steroid dienone is 1. The number of rotatable bonds is 3. The van der Waals surface area contributed by atoms with Crippen LogP contribution < -0.4 is 5.63 Å². The van der Waals surface area contributed by atoms with Gasteiger partial charge in [-0.2, -0.15) is 0 Å². The SMILES string of the molecule is C=CCc1cccc2cc(C(=O)N3C(C)CCCC3C)c(=O)oc12. The van der Waals surface area contributed by atoms with E-state index in [-0.39, 0.29) is 23.6 Å². The van der Waals surface area contributed by atoms with Gasteiger partial charge in [0.2, 0.25) is 0 Å². The fourth-order valence-electron chi connectivity index (χ4n) is 3.63. The monoisotopic (exact) mass is 325 g/mol. The average Bonchev–Trinajstić information content (AvgIpc) is 2.55. The largest absolute Gasteiger partial charge is 0.422 e. The second-order valence-corrected chi connectivity index (χ2v) is 6.62. The van der Waals surface area contributed by atoms with E-state index in [0.29, 0.717) is 12.0 Å². The van der Waals surface area contributed by atoms with Crippen LogP contribution in [-0.2, 0) is 6.42 Å². The smallest absolute Gasteiger partial charge is 0.349 e. The third kappa shape index (κ3) is 2.88. The van der Waals surface area contributed by atoms with Crippen molar-refractivity contribution in [3.63, 3.8) is 0 Å². The zero-order valence-corrected chi connectivity index (χ0v) is 14.2. The first-order valence-corrected chi connectivity index (χ1v) is 8.52. The fourth-order valence-corrected chi connectivity index (χ4v) is 3.63. The van der Waals surface area contributed by atoms with Gasteiger partial charge in [0.15, 0.2) is 0 Å². The molecule has 2 aromatic rings. The summed E-state index contributed by atoms with van der Waals surface area (Å²) >= 11 is 0. The van der Waals surface area contributed by atoms with Gasteiger partial charge in [-0.3, -0.25) is 4.79 Å². The number of benzene rings is 1. The van der Waals surface area contributed by atoms with Crippen LogP contribution in [0.2, 0.25) is 0 Å². The lowest BCUT2D eigenvalue weighted by Gasteiger charge is -2.38. The number of nitrogens with zero attached hydrogens (tertiary/aromatic N) is 1. The first kappa shape index (κ1) is 16.5. The lowest BCUT2D eigenvalue weighted by atomic mass is 9.96. The van der Waals surface area contributed by atoms with E-state index < -0.39 is 5.63 Å². The van der Waals surface area contributed by atoms with Crippen LogP contribution in [0.5, 0.6) is 0 Å². The van der Waals surface area contributed by atoms with E-state index in [4.69, 9.17) is 4.42 Å². The molecule has 4 nitrogen and oxygen atoms in total. The Kier molecular flexibility index (Phi) is 4.56. The maximum Gasteiger partial charge on any atom is 0.349 e. The molecule has 2 unspecified atom stereocenters. The fraction of sp³-hybridized carbons (Fsp3) is 0.400. The summed E-state index contributed by atoms with van der Waals surface area (Å²) in [5, 5.41) is 0.773. The van der Waals surface area contributed by atoms with Crippen molar-refractivity contribution in [2.45, 2.75) is 51.6 Å². The Balaban J connectivity index is 2.06. The van der Waals surface area contributed by atoms with Gasteiger partial charge in [0.05, 0.1) is 0 Å². The van der Waals surface area contributed by atoms with Crippen LogP contribution >= 0.6 is 0 Å². The molecule has 2 heterocycles. The molecule has 2 atom stereocenters. The van der Waals surface area contributed by atoms with Crippen LogP contribution in [0, 0.1) is 0 Å². The van der Waals surface area contributed by atoms with E-state index in [1.165, 1.54) is 0 Å². The minimum Gasteiger partial charge on any atom is -0.422 e. The van der Waals surface area contributed by atoms with Crippen LogP contribution in [0.4, 0.5) is 0 Å². The molecule has 0 bridgehead atoms. The molecule has 1 amide bonds. The third-order valence-electron chi connectivity index (χ3n) is 4.86. The summed E-state index contributed by atoms with van der Waals surface area (Å²) in [5.74, 6) is -0.223. The van der Waals surface area contributed by atoms with Gasteiger partial charge in [-0.25, -0.2) is 4.79 Å². The number of para-hydroxylation sites is 1. The minimum absolute atomic E-state index is 0.124. The Hall–Kier alpha value is -2.36. The molecule has 0 radical (unpaired) electrons. The van der Waals surface area contributed by atoms with E-state index in [0.717, 1.165) is 30.2 Å². The highest BCUT2D eigenvalue weighted by Gasteiger charge is 2.31. The van der Waals surface area contributed by atoms with E-state index in [1.54, 1.807) is 12.1 Å². The quantitative estimate of drug-likeness (QED) is 0.635. The highest BCUT2D eigenvalue weighted by Crippen LogP contribution is 2.25. The zero-order chi connectivity index (χ0) is 17.3. The van der Waals surface area contributed by atoms with Gasteiger partial charge >= 0.3 is 5.63 Å². The molecule has 0 N–H and O–H groups in total. The molecule has 4 heteroatoms. The average molecular weight is 325 g/mol. The standard InChI is InChI=1S/C20H23NO3/c1-4-7-15-10-6-11-16-12-17(20(23)24-18(15)16)19(22)21-13(2)8-5-9-14(21)3/h4,6,10-14H,1,5,7-9H2,2-3H3. The first-order chi connectivity index (χ1) is 11.5. The van der Waals surface area contributed by atoms with Crippen molar-refractivity contribution in [2.75, 3.05) is 0 Å². The maximum absolute atomic E-state index is 12.9. The van der Waals surface area contributed by atoms with Crippen LogP contribution in [0.1, 0.15) is 49.0 Å². The number of hydrogen-bond donors (Lipinski definition) is 0. The first-order valence-electron chi connectivity index (χ1n) is 8.52. The third-order valence-corrected chi connectivity index (χ3v) is 4.86. The van der Waals surface area contributed by atoms with Crippen molar-refractivity contribution < 1.29 is 9.21 Å². The van der Waals surface area contributed by atoms with E-state index in [1.807, 2.05) is 36.9 Å². The Bertz CT molecular complexity index is 826. The second-order valence-electron chi connectivity index (χ2n) is 6.62. The predicted molar refractivity (Wildman–Crippen MR) is 95.3 cm³/mol. The van der Waals surface area contributed by atoms with Crippen LogP contribution in [0.3, 0.4) is 0 Å². The predicted octanol–water partition coefficient (Wildman–Crippen LogP) is 3.92. The highest BCUT2D eigenvalue weighted by molar-refractivity contribution is 5.97. The van der Waals surface area contributed by atoms with Crippen molar-refractivity contribution in [3.8, 4) is 0 Å². The summed E-state index contributed by atoms with van der Waals surface area (Å²) in [7, 11) is 0. The van der Waals surface area contributed by atoms with Crippen molar-refractivity contribution in [1.29, 1.82) is 0 Å². The Morgan fingerprint density at radius 1 is 1.33 bits per heavy atom. The normalized spacial score (nSPS) is 21.0. The molecule has 0 saturated carbocycles. The number of amides is 1. The number of hydrogen-bond acceptors (Lipinski definition) is 3. The van der Waals surface area contributed by atoms with Crippen LogP contribution in [-0.4, -0.2) is 22.9 Å². The molecular formula is C20H23NO3. The van der Waals surface area contributed by atoms with Gasteiger partial charge < -0.3 is 9.32 Å². The summed E-state index contributed by atoms with van der Waals surface area (Å²) in [6.45, 7) is 7.81. The van der Waals surface area contributed by atoms with Gasteiger partial charge in [-0.05, 0) is 51.2 Å². The second kappa shape index (κ2) is 6.63. The molecular weight excluding hydrogens is 302 g/mol. The van der Waals surface area contributed by atoms with Crippen LogP contribution in [0.25, 0.3) is 11.0 Å². The minimum atomic E-state index is -0.561. The van der Waals surface area contributed by atoms with Gasteiger partial charge in [-0.15, -0.1) is 6.58 Å². The van der Waals surface area contributed by atoms with Crippen molar-refractivity contribution in [1.82, 2.24) is 4.90 Å². The highest BCUT2D eigenvalue weighted by atomic mass is 16.4. The molecule has 0 aliphatic carbocycles. The van der Waals surface area contributed by atoms with Gasteiger partial charge in [-0.1, -0.05) is 24.3 Å². The van der Waals surface area contributed by atoms with E-state index >= 15 is 0 Å². The summed E-state index contributed by atoms with van der Waals surface area (Å²) in [4.78, 5) is 27.2. The molecule has 1 aliphatic rings. The molecule has 1 saturated heterocycles. The molecule has 1 aromatic carbocycles. The lowest BCUT2D eigenvalue weighted by molar-refractivity contribution is 0.0506. The molecule has 1 aromatic heterocycles. The van der Waals surface area contributed by atoms with Crippen molar-refractivity contribution in [3.05, 3.63) is 58.5 Å². The zero-order valence-electron chi connectivity index (χ0n) is 14.2. The van der Waals surface area contributed by atoms with E-state index in [2.05, 4.69) is 6.58 Å². The molecule has 1 aliphatic heterocycles. The number of carbonyl (C=O) groups is 1. The molecule has 126 valence electrons. The van der Waals surface area contributed by atoms with Gasteiger partial charge in [0, 0.05) is 17.5 Å². The molecule has 24 heavy (non-hydrogen) atoms. The Morgan fingerprint density at radius 2 is 2.04 bits per heavy atom. The topological polar surface area (TPSA) is 50.5 Å². The summed E-state index contributed by atoms with van der Waals surface area (Å²) in [5.41, 5.74) is 1.00. The molecule has 1 fully saturated rings. The summed E-state index contributed by atoms with van der Waals surface area (Å²) < 4.78 is 5.51. The maximum atomic E-state index is 12.9. The number of likely N-dealkylation sites (tertiary alicyclic amines) is 1. The number of piperidine rings is 1. The van der Waals surface area contributed by atoms with Crippen molar-refractivity contribution in [2.24, 2.45) is 0 Å². The van der Waals surface area contributed by atoms with Crippen molar-refractivity contribution >= 4 is 16.9 Å². The van der Waals surface area contributed by atoms with Gasteiger partial charge in [0.25, 0.3) is 5.91 Å². The summed E-state index contributed by atoms with van der Waals surface area (Å²) in [6.07, 6.45) is 5.44.